The molecule has 40 heavy (non-hydrogen) atoms. The maximum absolute atomic E-state index is 13.5. The van der Waals surface area contributed by atoms with Gasteiger partial charge in [0.15, 0.2) is 0 Å². The molecule has 3 aromatic carbocycles. The second-order valence-electron chi connectivity index (χ2n) is 8.50. The van der Waals surface area contributed by atoms with Gasteiger partial charge in [-0.25, -0.2) is 0 Å². The van der Waals surface area contributed by atoms with Gasteiger partial charge >= 0.3 is 21.7 Å². The average molecular weight is 589 g/mol. The fraction of sp³-hybridized carbons (Fsp3) is 0.200. The third-order valence-corrected chi connectivity index (χ3v) is 7.10. The molecule has 0 heterocycles. The number of sulfonamides is 1. The highest BCUT2D eigenvalue weighted by Crippen LogP contribution is 2.38. The van der Waals surface area contributed by atoms with Crippen LogP contribution in [0.5, 0.6) is 5.75 Å². The van der Waals surface area contributed by atoms with Gasteiger partial charge in [-0.1, -0.05) is 29.8 Å². The molecule has 3 rings (SSSR count). The summed E-state index contributed by atoms with van der Waals surface area (Å²) in [6, 6.07) is 11.8. The molecule has 0 unspecified atom stereocenters. The van der Waals surface area contributed by atoms with E-state index >= 15 is 0 Å². The van der Waals surface area contributed by atoms with E-state index in [9.17, 15) is 39.6 Å². The molecule has 0 aliphatic heterocycles. The van der Waals surface area contributed by atoms with E-state index in [0.29, 0.717) is 12.6 Å². The lowest BCUT2D eigenvalue weighted by atomic mass is 10.0. The molecule has 0 atom stereocenters. The number of amides is 1. The lowest BCUT2D eigenvalue weighted by molar-refractivity contribution is -0.138. The highest BCUT2D eigenvalue weighted by atomic mass is 32.2. The Morgan fingerprint density at radius 3 is 2.25 bits per heavy atom. The molecule has 0 fully saturated rings. The van der Waals surface area contributed by atoms with Gasteiger partial charge in [0.1, 0.15) is 18.2 Å². The van der Waals surface area contributed by atoms with Crippen molar-refractivity contribution < 1.29 is 44.3 Å². The number of nitrogens with one attached hydrogen (secondary N) is 2. The summed E-state index contributed by atoms with van der Waals surface area (Å²) in [4.78, 5) is 12.7. The number of hydrogen-bond donors (Lipinski definition) is 3. The Morgan fingerprint density at radius 1 is 1.00 bits per heavy atom. The third-order valence-electron chi connectivity index (χ3n) is 5.60. The van der Waals surface area contributed by atoms with Crippen LogP contribution in [0.2, 0.25) is 0 Å². The van der Waals surface area contributed by atoms with Crippen LogP contribution in [0.1, 0.15) is 32.6 Å². The first-order chi connectivity index (χ1) is 18.4. The fourth-order valence-electron chi connectivity index (χ4n) is 3.56. The number of alkyl halides is 6. The van der Waals surface area contributed by atoms with Crippen LogP contribution in [0.25, 0.3) is 0 Å². The minimum Gasteiger partial charge on any atom is -0.487 e. The normalized spacial score (nSPS) is 12.1. The van der Waals surface area contributed by atoms with Gasteiger partial charge < -0.3 is 15.8 Å². The molecule has 0 aromatic heterocycles. The summed E-state index contributed by atoms with van der Waals surface area (Å²) >= 11 is 0. The maximum Gasteiger partial charge on any atom is 0.516 e. The van der Waals surface area contributed by atoms with Crippen molar-refractivity contribution in [2.24, 2.45) is 5.73 Å². The van der Waals surface area contributed by atoms with Gasteiger partial charge in [0, 0.05) is 35.5 Å². The Hall–Kier alpha value is -4.27. The summed E-state index contributed by atoms with van der Waals surface area (Å²) in [5.41, 5.74) is -1.64. The molecular formula is C25H22F6N4O4S. The molecule has 8 nitrogen and oxygen atoms in total. The van der Waals surface area contributed by atoms with E-state index in [4.69, 9.17) is 15.9 Å². The highest BCUT2D eigenvalue weighted by molar-refractivity contribution is 7.93. The number of nitrogens with zero attached hydrogens (tertiary/aromatic N) is 1. The molecule has 214 valence electrons. The number of ether oxygens (including phenoxy) is 1. The average Bonchev–Trinajstić information content (AvgIpc) is 2.85. The summed E-state index contributed by atoms with van der Waals surface area (Å²) in [5, 5.41) is 9.93. The van der Waals surface area contributed by atoms with Crippen molar-refractivity contribution in [1.29, 1.82) is 5.41 Å². The summed E-state index contributed by atoms with van der Waals surface area (Å²) in [7, 11) is -5.31. The summed E-state index contributed by atoms with van der Waals surface area (Å²) in [6.07, 6.45) is -4.77. The zero-order valence-corrected chi connectivity index (χ0v) is 21.6. The van der Waals surface area contributed by atoms with Crippen LogP contribution in [0.15, 0.2) is 60.7 Å². The maximum atomic E-state index is 13.5. The molecule has 15 heteroatoms. The number of amidine groups is 1. The molecule has 3 aromatic rings. The number of anilines is 2. The minimum atomic E-state index is -5.91. The van der Waals surface area contributed by atoms with Crippen LogP contribution in [0, 0.1) is 12.3 Å². The van der Waals surface area contributed by atoms with E-state index in [2.05, 4.69) is 5.32 Å². The van der Waals surface area contributed by atoms with E-state index in [-0.39, 0.29) is 32.5 Å². The molecule has 0 saturated heterocycles. The van der Waals surface area contributed by atoms with Gasteiger partial charge in [-0.3, -0.25) is 14.5 Å². The monoisotopic (exact) mass is 588 g/mol. The molecule has 0 bridgehead atoms. The van der Waals surface area contributed by atoms with Crippen LogP contribution in [0.3, 0.4) is 0 Å². The number of carbonyl (C=O) groups is 1. The minimum absolute atomic E-state index is 0.0607. The van der Waals surface area contributed by atoms with Gasteiger partial charge in [0.25, 0.3) is 5.91 Å². The van der Waals surface area contributed by atoms with E-state index < -0.39 is 51.2 Å². The highest BCUT2D eigenvalue weighted by Gasteiger charge is 2.49. The van der Waals surface area contributed by atoms with Crippen LogP contribution in [-0.4, -0.2) is 32.7 Å². The first kappa shape index (κ1) is 30.3. The van der Waals surface area contributed by atoms with E-state index in [1.807, 2.05) is 0 Å². The summed E-state index contributed by atoms with van der Waals surface area (Å²) in [6.45, 7) is 0.734. The molecule has 0 spiro atoms. The number of halogens is 6. The van der Waals surface area contributed by atoms with Crippen molar-refractivity contribution in [2.45, 2.75) is 25.2 Å². The van der Waals surface area contributed by atoms with Crippen molar-refractivity contribution in [3.8, 4) is 5.75 Å². The molecule has 0 aliphatic carbocycles. The SMILES string of the molecule is Cc1ccc(C(F)(F)F)c(COc2cc(NC(=O)c3cccc(C(=N)N)c3)ccc2N(C)S(=O)(=O)C(F)(F)F)c1. The number of hydrogen-bond acceptors (Lipinski definition) is 5. The first-order valence-corrected chi connectivity index (χ1v) is 12.6. The number of benzene rings is 3. The van der Waals surface area contributed by atoms with E-state index in [0.717, 1.165) is 24.3 Å². The second kappa shape index (κ2) is 11.1. The number of nitrogen functional groups attached to an aromatic ring is 1. The fourth-order valence-corrected chi connectivity index (χ4v) is 4.28. The predicted molar refractivity (Wildman–Crippen MR) is 136 cm³/mol. The molecule has 0 saturated carbocycles. The number of carbonyl (C=O) groups excluding carboxylic acids is 1. The lowest BCUT2D eigenvalue weighted by Crippen LogP contribution is -2.38. The van der Waals surface area contributed by atoms with Crippen molar-refractivity contribution in [1.82, 2.24) is 0 Å². The van der Waals surface area contributed by atoms with Crippen LogP contribution in [0.4, 0.5) is 37.7 Å². The van der Waals surface area contributed by atoms with Crippen molar-refractivity contribution in [3.63, 3.8) is 0 Å². The van der Waals surface area contributed by atoms with Crippen LogP contribution >= 0.6 is 0 Å². The first-order valence-electron chi connectivity index (χ1n) is 11.2. The van der Waals surface area contributed by atoms with Gasteiger partial charge in [0.05, 0.1) is 11.3 Å². The van der Waals surface area contributed by atoms with Crippen LogP contribution < -0.4 is 20.1 Å². The molecule has 0 radical (unpaired) electrons. The summed E-state index contributed by atoms with van der Waals surface area (Å²) < 4.78 is 110. The zero-order valence-electron chi connectivity index (χ0n) is 20.8. The Balaban J connectivity index is 2.03. The lowest BCUT2D eigenvalue weighted by Gasteiger charge is -2.24. The smallest absolute Gasteiger partial charge is 0.487 e. The topological polar surface area (TPSA) is 126 Å². The van der Waals surface area contributed by atoms with Gasteiger partial charge in [-0.2, -0.15) is 34.8 Å². The largest absolute Gasteiger partial charge is 0.516 e. The number of rotatable bonds is 8. The van der Waals surface area contributed by atoms with Crippen molar-refractivity contribution in [3.05, 3.63) is 88.5 Å². The Morgan fingerprint density at radius 2 is 1.65 bits per heavy atom. The van der Waals surface area contributed by atoms with Crippen LogP contribution in [-0.2, 0) is 22.8 Å². The van der Waals surface area contributed by atoms with E-state index in [1.165, 1.54) is 43.3 Å². The second-order valence-corrected chi connectivity index (χ2v) is 10.5. The van der Waals surface area contributed by atoms with Crippen molar-refractivity contribution in [2.75, 3.05) is 16.7 Å². The Bertz CT molecular complexity index is 1560. The number of aryl methyl sites for hydroxylation is 1. The Kier molecular flexibility index (Phi) is 8.38. The number of nitrogens with two attached hydrogens (primary N) is 1. The van der Waals surface area contributed by atoms with Crippen molar-refractivity contribution >= 4 is 33.1 Å². The standard InChI is InChI=1S/C25H22F6N4O4S/c1-14-6-8-19(24(26,27)28)17(10-14)13-39-21-12-18(7-9-20(21)35(2)40(37,38)25(29,30)31)34-23(36)16-5-3-4-15(11-16)22(32)33/h3-12H,13H2,1-2H3,(H3,32,33)(H,34,36). The summed E-state index contributed by atoms with van der Waals surface area (Å²) in [5.74, 6) is -1.59. The van der Waals surface area contributed by atoms with Gasteiger partial charge in [-0.05, 0) is 37.3 Å². The Labute approximate surface area is 224 Å². The molecule has 0 aliphatic rings. The van der Waals surface area contributed by atoms with Gasteiger partial charge in [0.2, 0.25) is 0 Å². The van der Waals surface area contributed by atoms with Gasteiger partial charge in [-0.15, -0.1) is 0 Å². The van der Waals surface area contributed by atoms with E-state index in [1.54, 1.807) is 0 Å². The molecular weight excluding hydrogens is 566 g/mol. The predicted octanol–water partition coefficient (Wildman–Crippen LogP) is 5.41. The third kappa shape index (κ3) is 6.65. The molecule has 1 amide bonds. The molecule has 4 N–H and O–H groups in total. The zero-order chi connectivity index (χ0) is 30.0. The quantitative estimate of drug-likeness (QED) is 0.184.